The number of rotatable bonds is 11. The summed E-state index contributed by atoms with van der Waals surface area (Å²) >= 11 is 0. The highest BCUT2D eigenvalue weighted by Gasteiger charge is 2.09. The van der Waals surface area contributed by atoms with E-state index in [9.17, 15) is 0 Å². The lowest BCUT2D eigenvalue weighted by Gasteiger charge is -2.16. The summed E-state index contributed by atoms with van der Waals surface area (Å²) in [5.41, 5.74) is 2.30. The van der Waals surface area contributed by atoms with Crippen molar-refractivity contribution in [2.45, 2.75) is 26.2 Å². The summed E-state index contributed by atoms with van der Waals surface area (Å²) < 4.78 is 16.6. The van der Waals surface area contributed by atoms with E-state index in [1.165, 1.54) is 5.56 Å². The second-order valence-corrected chi connectivity index (χ2v) is 5.99. The van der Waals surface area contributed by atoms with Gasteiger partial charge in [0.1, 0.15) is 24.7 Å². The molecule has 1 N–H and O–H groups in total. The van der Waals surface area contributed by atoms with Gasteiger partial charge in [-0.05, 0) is 36.1 Å². The highest BCUT2D eigenvalue weighted by Crippen LogP contribution is 2.28. The number of anilines is 1. The van der Waals surface area contributed by atoms with E-state index in [1.54, 1.807) is 7.11 Å². The minimum absolute atomic E-state index is 0.505. The molecule has 0 aliphatic heterocycles. The van der Waals surface area contributed by atoms with Crippen LogP contribution in [0.5, 0.6) is 11.5 Å². The van der Waals surface area contributed by atoms with Gasteiger partial charge < -0.3 is 19.5 Å². The minimum Gasteiger partial charge on any atom is -0.491 e. The molecule has 2 rings (SSSR count). The summed E-state index contributed by atoms with van der Waals surface area (Å²) in [6, 6.07) is 16.2. The lowest BCUT2D eigenvalue weighted by Crippen LogP contribution is -2.12. The van der Waals surface area contributed by atoms with Gasteiger partial charge in [0, 0.05) is 25.4 Å². The number of ether oxygens (including phenoxy) is 3. The van der Waals surface area contributed by atoms with E-state index in [2.05, 4.69) is 31.3 Å². The van der Waals surface area contributed by atoms with Crippen molar-refractivity contribution in [2.24, 2.45) is 0 Å². The monoisotopic (exact) mass is 343 g/mol. The molecule has 0 fully saturated rings. The zero-order chi connectivity index (χ0) is 17.9. The van der Waals surface area contributed by atoms with Crippen LogP contribution in [0.3, 0.4) is 0 Å². The van der Waals surface area contributed by atoms with Crippen LogP contribution in [0.4, 0.5) is 5.69 Å². The summed E-state index contributed by atoms with van der Waals surface area (Å²) in [5, 5.41) is 3.37. The Morgan fingerprint density at radius 3 is 2.60 bits per heavy atom. The van der Waals surface area contributed by atoms with Crippen LogP contribution >= 0.6 is 0 Å². The lowest BCUT2D eigenvalue weighted by molar-refractivity contribution is 0.146. The van der Waals surface area contributed by atoms with E-state index in [4.69, 9.17) is 14.2 Å². The molecule has 0 aromatic heterocycles. The number of nitrogens with one attached hydrogen (secondary N) is 1. The molecular formula is C21H29NO3. The third kappa shape index (κ3) is 6.31. The van der Waals surface area contributed by atoms with Crippen LogP contribution in [-0.2, 0) is 4.74 Å². The number of hydrogen-bond donors (Lipinski definition) is 1. The van der Waals surface area contributed by atoms with E-state index < -0.39 is 0 Å². The van der Waals surface area contributed by atoms with Crippen molar-refractivity contribution < 1.29 is 14.2 Å². The lowest BCUT2D eigenvalue weighted by atomic mass is 9.98. The fourth-order valence-corrected chi connectivity index (χ4v) is 2.53. The molecule has 0 aliphatic carbocycles. The smallest absolute Gasteiger partial charge is 0.122 e. The molecule has 0 radical (unpaired) electrons. The number of hydrogen-bond acceptors (Lipinski definition) is 4. The number of benzene rings is 2. The first-order valence-electron chi connectivity index (χ1n) is 8.92. The highest BCUT2D eigenvalue weighted by molar-refractivity contribution is 5.48. The molecule has 4 nitrogen and oxygen atoms in total. The van der Waals surface area contributed by atoms with E-state index in [0.717, 1.165) is 30.2 Å². The Kier molecular flexibility index (Phi) is 8.13. The van der Waals surface area contributed by atoms with Crippen LogP contribution in [0.2, 0.25) is 0 Å². The standard InChI is InChI=1S/C21H29NO3/c1-4-17(2)20-10-5-6-11-21(20)25-13-12-22-18-8-7-9-19(16-18)24-15-14-23-3/h5-11,16-17,22H,4,12-15H2,1-3H3/t17-/m1/s1. The Morgan fingerprint density at radius 1 is 0.960 bits per heavy atom. The van der Waals surface area contributed by atoms with Gasteiger partial charge in [-0.1, -0.05) is 38.1 Å². The molecule has 136 valence electrons. The molecule has 1 atom stereocenters. The van der Waals surface area contributed by atoms with Gasteiger partial charge in [-0.3, -0.25) is 0 Å². The van der Waals surface area contributed by atoms with Crippen molar-refractivity contribution in [3.8, 4) is 11.5 Å². The van der Waals surface area contributed by atoms with Gasteiger partial charge in [0.05, 0.1) is 6.61 Å². The quantitative estimate of drug-likeness (QED) is 0.600. The van der Waals surface area contributed by atoms with E-state index in [0.29, 0.717) is 25.7 Å². The first-order valence-corrected chi connectivity index (χ1v) is 8.92. The average molecular weight is 343 g/mol. The molecule has 0 saturated carbocycles. The largest absolute Gasteiger partial charge is 0.491 e. The summed E-state index contributed by atoms with van der Waals surface area (Å²) in [6.45, 7) is 6.91. The second-order valence-electron chi connectivity index (χ2n) is 5.99. The van der Waals surface area contributed by atoms with Gasteiger partial charge in [-0.15, -0.1) is 0 Å². The Hall–Kier alpha value is -2.20. The average Bonchev–Trinajstić information content (AvgIpc) is 2.65. The molecule has 4 heteroatoms. The molecule has 0 saturated heterocycles. The second kappa shape index (κ2) is 10.6. The maximum absolute atomic E-state index is 5.98. The molecular weight excluding hydrogens is 314 g/mol. The molecule has 2 aromatic rings. The number of para-hydroxylation sites is 1. The number of methoxy groups -OCH3 is 1. The predicted molar refractivity (Wildman–Crippen MR) is 103 cm³/mol. The highest BCUT2D eigenvalue weighted by atomic mass is 16.5. The van der Waals surface area contributed by atoms with Crippen LogP contribution in [0.25, 0.3) is 0 Å². The third-order valence-corrected chi connectivity index (χ3v) is 4.14. The maximum atomic E-state index is 5.98. The SMILES string of the molecule is CC[C@@H](C)c1ccccc1OCCNc1cccc(OCCOC)c1. The van der Waals surface area contributed by atoms with Crippen LogP contribution in [-0.4, -0.2) is 33.5 Å². The summed E-state index contributed by atoms with van der Waals surface area (Å²) in [7, 11) is 1.67. The molecule has 25 heavy (non-hydrogen) atoms. The van der Waals surface area contributed by atoms with Gasteiger partial charge in [-0.25, -0.2) is 0 Å². The fraction of sp³-hybridized carbons (Fsp3) is 0.429. The topological polar surface area (TPSA) is 39.7 Å². The fourth-order valence-electron chi connectivity index (χ4n) is 2.53. The van der Waals surface area contributed by atoms with Crippen molar-refractivity contribution in [3.63, 3.8) is 0 Å². The molecule has 0 amide bonds. The first kappa shape index (κ1) is 19.1. The Labute approximate surface area is 151 Å². The van der Waals surface area contributed by atoms with Crippen molar-refractivity contribution in [2.75, 3.05) is 38.8 Å². The van der Waals surface area contributed by atoms with Crippen LogP contribution in [0.15, 0.2) is 48.5 Å². The molecule has 2 aromatic carbocycles. The van der Waals surface area contributed by atoms with Gasteiger partial charge in [0.2, 0.25) is 0 Å². The van der Waals surface area contributed by atoms with Gasteiger partial charge in [-0.2, -0.15) is 0 Å². The summed E-state index contributed by atoms with van der Waals surface area (Å²) in [5.74, 6) is 2.32. The Balaban J connectivity index is 1.81. The van der Waals surface area contributed by atoms with Crippen molar-refractivity contribution in [1.82, 2.24) is 0 Å². The summed E-state index contributed by atoms with van der Waals surface area (Å²) in [6.07, 6.45) is 1.11. The van der Waals surface area contributed by atoms with Crippen LogP contribution in [0.1, 0.15) is 31.7 Å². The zero-order valence-corrected chi connectivity index (χ0v) is 15.5. The van der Waals surface area contributed by atoms with Crippen molar-refractivity contribution >= 4 is 5.69 Å². The van der Waals surface area contributed by atoms with Gasteiger partial charge in [0.15, 0.2) is 0 Å². The molecule has 0 spiro atoms. The Morgan fingerprint density at radius 2 is 1.80 bits per heavy atom. The molecule has 0 aliphatic rings. The van der Waals surface area contributed by atoms with E-state index >= 15 is 0 Å². The third-order valence-electron chi connectivity index (χ3n) is 4.14. The first-order chi connectivity index (χ1) is 12.2. The normalized spacial score (nSPS) is 11.8. The zero-order valence-electron chi connectivity index (χ0n) is 15.5. The minimum atomic E-state index is 0.505. The predicted octanol–water partition coefficient (Wildman–Crippen LogP) is 4.72. The van der Waals surface area contributed by atoms with Gasteiger partial charge >= 0.3 is 0 Å². The molecule has 0 heterocycles. The molecule has 0 unspecified atom stereocenters. The maximum Gasteiger partial charge on any atom is 0.122 e. The van der Waals surface area contributed by atoms with Crippen LogP contribution in [0, 0.1) is 0 Å². The van der Waals surface area contributed by atoms with Crippen molar-refractivity contribution in [3.05, 3.63) is 54.1 Å². The summed E-state index contributed by atoms with van der Waals surface area (Å²) in [4.78, 5) is 0. The van der Waals surface area contributed by atoms with E-state index in [-0.39, 0.29) is 0 Å². The van der Waals surface area contributed by atoms with Crippen molar-refractivity contribution in [1.29, 1.82) is 0 Å². The van der Waals surface area contributed by atoms with E-state index in [1.807, 2.05) is 36.4 Å². The Bertz CT molecular complexity index is 630. The van der Waals surface area contributed by atoms with Gasteiger partial charge in [0.25, 0.3) is 0 Å². The van der Waals surface area contributed by atoms with Crippen LogP contribution < -0.4 is 14.8 Å². The molecule has 0 bridgehead atoms.